The lowest BCUT2D eigenvalue weighted by molar-refractivity contribution is -0.671. The number of aliphatic hydroxyl groups excluding tert-OH is 1. The average Bonchev–Trinajstić information content (AvgIpc) is 3.79. The van der Waals surface area contributed by atoms with Crippen molar-refractivity contribution < 1.29 is 19.6 Å². The molecular weight excluding hydrogens is 586 g/mol. The summed E-state index contributed by atoms with van der Waals surface area (Å²) >= 11 is 0. The van der Waals surface area contributed by atoms with Crippen LogP contribution in [0.25, 0.3) is 0 Å². The summed E-state index contributed by atoms with van der Waals surface area (Å²) in [6.07, 6.45) is 10.4. The number of carboxylic acid groups (broad SMARTS) is 1. The van der Waals surface area contributed by atoms with Crippen molar-refractivity contribution in [1.29, 1.82) is 0 Å². The molecule has 1 saturated carbocycles. The van der Waals surface area contributed by atoms with E-state index in [1.165, 1.54) is 24.8 Å². The molecule has 1 aromatic rings. The Bertz CT molecular complexity index is 1260. The maximum Gasteiger partial charge on any atom is 0.303 e. The summed E-state index contributed by atoms with van der Waals surface area (Å²) in [5.41, 5.74) is 1.38. The van der Waals surface area contributed by atoms with Crippen molar-refractivity contribution >= 4 is 5.97 Å². The Balaban J connectivity index is 1.33. The first-order chi connectivity index (χ1) is 22.5. The van der Waals surface area contributed by atoms with Gasteiger partial charge in [-0.05, 0) is 78.6 Å². The maximum absolute atomic E-state index is 12.0. The Morgan fingerprint density at radius 1 is 0.745 bits per heavy atom. The molecule has 8 nitrogen and oxygen atoms in total. The standard InChI is InChI=1S/C39H63N5O3/c1-8-24-19(3)28-17-31-25(9-2)20(4)36(42-31)35(23-12-14-44(7)15-13-23)37-21(5)26(10-11-33(46)47)38(43-37)27-16-32(45)34-22(6)29(41-39(27)34)18-30(24)40-28/h12-15,19-22,24-32,34-43,45H,8-11,16-18H2,1-7H3/p+1. The third kappa shape index (κ3) is 5.80. The Hall–Kier alpha value is -1.58. The molecule has 47 heavy (non-hydrogen) atoms. The van der Waals surface area contributed by atoms with Gasteiger partial charge in [0.15, 0.2) is 12.4 Å². The molecule has 6 heterocycles. The van der Waals surface area contributed by atoms with E-state index in [0.717, 1.165) is 12.8 Å². The zero-order chi connectivity index (χ0) is 33.3. The summed E-state index contributed by atoms with van der Waals surface area (Å²) in [5, 5.41) is 38.6. The quantitative estimate of drug-likeness (QED) is 0.260. The van der Waals surface area contributed by atoms with Crippen LogP contribution in [0.4, 0.5) is 0 Å². The first-order valence-corrected chi connectivity index (χ1v) is 19.4. The minimum absolute atomic E-state index is 0.180. The smallest absolute Gasteiger partial charge is 0.303 e. The normalized spacial score (nSPS) is 50.7. The summed E-state index contributed by atoms with van der Waals surface area (Å²) in [7, 11) is 2.09. The SMILES string of the molecule is CCC1C2CC3NC4C(CC(O)C4C3C)C3NC(C(C)C3CCC(=O)O)C(c3cc[n+](C)cc3)C3NC(CC(N2)C1C)C(CC)C3C. The monoisotopic (exact) mass is 651 g/mol. The van der Waals surface area contributed by atoms with Crippen molar-refractivity contribution in [3.05, 3.63) is 30.1 Å². The predicted molar refractivity (Wildman–Crippen MR) is 185 cm³/mol. The predicted octanol–water partition coefficient (Wildman–Crippen LogP) is 3.82. The molecule has 262 valence electrons. The third-order valence-corrected chi connectivity index (χ3v) is 15.3. The number of hydrogen-bond acceptors (Lipinski definition) is 6. The van der Waals surface area contributed by atoms with Crippen LogP contribution in [0.2, 0.25) is 0 Å². The van der Waals surface area contributed by atoms with Crippen molar-refractivity contribution in [3.63, 3.8) is 0 Å². The van der Waals surface area contributed by atoms with E-state index >= 15 is 0 Å². The fourth-order valence-corrected chi connectivity index (χ4v) is 12.8. The number of pyridine rings is 1. The summed E-state index contributed by atoms with van der Waals surface area (Å²) in [6.45, 7) is 14.6. The first-order valence-electron chi connectivity index (χ1n) is 19.4. The molecule has 0 radical (unpaired) electrons. The van der Waals surface area contributed by atoms with Gasteiger partial charge in [-0.15, -0.1) is 0 Å². The average molecular weight is 651 g/mol. The van der Waals surface area contributed by atoms with E-state index < -0.39 is 5.97 Å². The lowest BCUT2D eigenvalue weighted by atomic mass is 9.71. The number of carboxylic acids is 1. The minimum atomic E-state index is -0.705. The molecule has 8 bridgehead atoms. The van der Waals surface area contributed by atoms with E-state index in [-0.39, 0.29) is 54.3 Å². The van der Waals surface area contributed by atoms with Crippen LogP contribution in [-0.2, 0) is 11.8 Å². The van der Waals surface area contributed by atoms with Crippen LogP contribution in [0.3, 0.4) is 0 Å². The van der Waals surface area contributed by atoms with Gasteiger partial charge in [0.25, 0.3) is 0 Å². The van der Waals surface area contributed by atoms with Gasteiger partial charge in [-0.1, -0.05) is 54.4 Å². The Morgan fingerprint density at radius 3 is 1.98 bits per heavy atom. The number of aliphatic carboxylic acids is 1. The fraction of sp³-hybridized carbons (Fsp3) is 0.846. The van der Waals surface area contributed by atoms with Crippen molar-refractivity contribution in [2.45, 2.75) is 147 Å². The van der Waals surface area contributed by atoms with Gasteiger partial charge < -0.3 is 31.5 Å². The van der Waals surface area contributed by atoms with Crippen LogP contribution in [-0.4, -0.2) is 70.6 Å². The molecule has 6 fully saturated rings. The first kappa shape index (κ1) is 33.9. The maximum atomic E-state index is 12.0. The van der Waals surface area contributed by atoms with Gasteiger partial charge in [0, 0.05) is 78.7 Å². The number of aryl methyl sites for hydroxylation is 1. The molecule has 5 aliphatic heterocycles. The van der Waals surface area contributed by atoms with E-state index in [2.05, 4.69) is 99.0 Å². The summed E-state index contributed by atoms with van der Waals surface area (Å²) < 4.78 is 2.13. The number of hydrogen-bond donors (Lipinski definition) is 6. The van der Waals surface area contributed by atoms with Crippen LogP contribution in [0, 0.1) is 53.3 Å². The molecule has 8 heteroatoms. The van der Waals surface area contributed by atoms with E-state index in [4.69, 9.17) is 0 Å². The highest BCUT2D eigenvalue weighted by Crippen LogP contribution is 2.52. The molecule has 7 rings (SSSR count). The molecule has 1 aliphatic carbocycles. The number of fused-ring (bicyclic) bond motifs is 8. The minimum Gasteiger partial charge on any atom is -0.481 e. The molecule has 5 saturated heterocycles. The van der Waals surface area contributed by atoms with Crippen LogP contribution >= 0.6 is 0 Å². The zero-order valence-corrected chi connectivity index (χ0v) is 30.0. The Kier molecular flexibility index (Phi) is 9.58. The van der Waals surface area contributed by atoms with Crippen LogP contribution in [0.5, 0.6) is 0 Å². The summed E-state index contributed by atoms with van der Waals surface area (Å²) in [4.78, 5) is 12.0. The van der Waals surface area contributed by atoms with Crippen molar-refractivity contribution in [1.82, 2.24) is 21.3 Å². The van der Waals surface area contributed by atoms with Crippen molar-refractivity contribution in [3.8, 4) is 0 Å². The number of nitrogens with one attached hydrogen (secondary N) is 4. The van der Waals surface area contributed by atoms with Crippen LogP contribution in [0.15, 0.2) is 24.5 Å². The van der Waals surface area contributed by atoms with Gasteiger partial charge in [-0.2, -0.15) is 0 Å². The van der Waals surface area contributed by atoms with E-state index in [9.17, 15) is 15.0 Å². The Morgan fingerprint density at radius 2 is 1.32 bits per heavy atom. The second-order valence-corrected chi connectivity index (χ2v) is 17.2. The molecular formula is C39H64N5O3+. The van der Waals surface area contributed by atoms with Gasteiger partial charge in [0.1, 0.15) is 7.05 Å². The van der Waals surface area contributed by atoms with E-state index in [1.807, 2.05) is 0 Å². The fourth-order valence-electron chi connectivity index (χ4n) is 12.8. The lowest BCUT2D eigenvalue weighted by Gasteiger charge is -2.36. The summed E-state index contributed by atoms with van der Waals surface area (Å²) in [5.74, 6) is 3.52. The van der Waals surface area contributed by atoms with Crippen molar-refractivity contribution in [2.24, 2.45) is 60.3 Å². The van der Waals surface area contributed by atoms with Crippen LogP contribution in [0.1, 0.15) is 98.0 Å². The third-order valence-electron chi connectivity index (χ3n) is 15.3. The zero-order valence-electron chi connectivity index (χ0n) is 30.0. The van der Waals surface area contributed by atoms with Gasteiger partial charge >= 0.3 is 5.97 Å². The van der Waals surface area contributed by atoms with Gasteiger partial charge in [0.05, 0.1) is 6.10 Å². The highest BCUT2D eigenvalue weighted by Gasteiger charge is 2.59. The number of aliphatic hydroxyl groups is 1. The summed E-state index contributed by atoms with van der Waals surface area (Å²) in [6, 6.07) is 7.51. The van der Waals surface area contributed by atoms with Crippen molar-refractivity contribution in [2.75, 3.05) is 0 Å². The molecule has 1 aromatic heterocycles. The second kappa shape index (κ2) is 13.3. The number of aromatic nitrogens is 1. The lowest BCUT2D eigenvalue weighted by Crippen LogP contribution is -2.51. The van der Waals surface area contributed by atoms with Gasteiger partial charge in [-0.25, -0.2) is 4.57 Å². The molecule has 6 N–H and O–H groups in total. The largest absolute Gasteiger partial charge is 0.481 e. The topological polar surface area (TPSA) is 110 Å². The molecule has 6 aliphatic rings. The molecule has 0 aromatic carbocycles. The molecule has 0 spiro atoms. The van der Waals surface area contributed by atoms with Gasteiger partial charge in [0.2, 0.25) is 0 Å². The molecule has 0 amide bonds. The van der Waals surface area contributed by atoms with E-state index in [1.54, 1.807) is 0 Å². The number of rotatable bonds is 6. The van der Waals surface area contributed by atoms with Crippen LogP contribution < -0.4 is 25.8 Å². The highest BCUT2D eigenvalue weighted by molar-refractivity contribution is 5.66. The van der Waals surface area contributed by atoms with E-state index in [0.29, 0.717) is 72.1 Å². The molecule has 19 atom stereocenters. The highest BCUT2D eigenvalue weighted by atomic mass is 16.4. The molecule has 19 unspecified atom stereocenters. The Labute approximate surface area is 283 Å². The number of nitrogens with zero attached hydrogens (tertiary/aromatic N) is 1. The number of carbonyl (C=O) groups is 1. The second-order valence-electron chi connectivity index (χ2n) is 17.2. The van der Waals surface area contributed by atoms with Gasteiger partial charge in [-0.3, -0.25) is 4.79 Å².